The highest BCUT2D eigenvalue weighted by atomic mass is 32.1. The summed E-state index contributed by atoms with van der Waals surface area (Å²) in [5.41, 5.74) is 0.461. The van der Waals surface area contributed by atoms with Gasteiger partial charge in [0.15, 0.2) is 22.6 Å². The Morgan fingerprint density at radius 1 is 1.21 bits per heavy atom. The Bertz CT molecular complexity index is 915. The summed E-state index contributed by atoms with van der Waals surface area (Å²) in [6, 6.07) is 1.74. The van der Waals surface area contributed by atoms with Gasteiger partial charge in [0.2, 0.25) is 11.8 Å². The van der Waals surface area contributed by atoms with Gasteiger partial charge in [-0.05, 0) is 45.4 Å². The molecule has 1 unspecified atom stereocenters. The maximum absolute atomic E-state index is 13.8. The first-order valence-electron chi connectivity index (χ1n) is 9.15. The second kappa shape index (κ2) is 8.91. The molecule has 1 atom stereocenters. The summed E-state index contributed by atoms with van der Waals surface area (Å²) in [5, 5.41) is 5.60. The third kappa shape index (κ3) is 5.13. The minimum atomic E-state index is -1.63. The summed E-state index contributed by atoms with van der Waals surface area (Å²) in [5.74, 6) is -5.59. The summed E-state index contributed by atoms with van der Waals surface area (Å²) < 4.78 is 40.1. The molecule has 0 aliphatic carbocycles. The Hall–Kier alpha value is -2.46. The molecule has 1 aliphatic heterocycles. The van der Waals surface area contributed by atoms with E-state index in [9.17, 15) is 22.8 Å². The average Bonchev–Trinajstić information content (AvgIpc) is 2.99. The van der Waals surface area contributed by atoms with Crippen molar-refractivity contribution in [3.8, 4) is 0 Å². The van der Waals surface area contributed by atoms with Gasteiger partial charge in [-0.3, -0.25) is 14.5 Å². The van der Waals surface area contributed by atoms with E-state index in [1.54, 1.807) is 0 Å². The fraction of sp³-hybridized carbons (Fsp3) is 0.421. The van der Waals surface area contributed by atoms with Crippen molar-refractivity contribution in [3.63, 3.8) is 0 Å². The molecule has 2 aromatic rings. The van der Waals surface area contributed by atoms with Gasteiger partial charge < -0.3 is 10.6 Å². The number of halogens is 3. The van der Waals surface area contributed by atoms with E-state index in [0.717, 1.165) is 22.7 Å². The minimum absolute atomic E-state index is 0.0982. The Kier molecular flexibility index (Phi) is 6.53. The zero-order valence-corrected chi connectivity index (χ0v) is 16.8. The van der Waals surface area contributed by atoms with Crippen molar-refractivity contribution < 1.29 is 22.8 Å². The number of likely N-dealkylation sites (tertiary alicyclic amines) is 1. The van der Waals surface area contributed by atoms with E-state index in [-0.39, 0.29) is 12.5 Å². The lowest BCUT2D eigenvalue weighted by atomic mass is 9.97. The molecule has 29 heavy (non-hydrogen) atoms. The van der Waals surface area contributed by atoms with Gasteiger partial charge in [0.25, 0.3) is 0 Å². The number of aromatic nitrogens is 1. The Morgan fingerprint density at radius 2 is 1.97 bits per heavy atom. The maximum atomic E-state index is 13.8. The fourth-order valence-corrected chi connectivity index (χ4v) is 3.99. The number of aryl methyl sites for hydroxylation is 2. The van der Waals surface area contributed by atoms with Gasteiger partial charge in [-0.2, -0.15) is 0 Å². The number of amides is 2. The Balaban J connectivity index is 1.56. The fourth-order valence-electron chi connectivity index (χ4n) is 3.16. The monoisotopic (exact) mass is 426 g/mol. The number of piperidine rings is 1. The zero-order chi connectivity index (χ0) is 21.1. The summed E-state index contributed by atoms with van der Waals surface area (Å²) in [6.07, 6.45) is 1.24. The van der Waals surface area contributed by atoms with Crippen LogP contribution in [0.2, 0.25) is 0 Å². The lowest BCUT2D eigenvalue weighted by Crippen LogP contribution is -2.44. The first-order chi connectivity index (χ1) is 13.7. The second-order valence-corrected chi connectivity index (χ2v) is 8.20. The number of thiazole rings is 1. The number of carbonyl (C=O) groups is 2. The summed E-state index contributed by atoms with van der Waals surface area (Å²) >= 11 is 1.40. The van der Waals surface area contributed by atoms with Gasteiger partial charge in [-0.15, -0.1) is 11.3 Å². The number of anilines is 2. The first-order valence-corrected chi connectivity index (χ1v) is 9.97. The van der Waals surface area contributed by atoms with Gasteiger partial charge in [0.1, 0.15) is 0 Å². The highest BCUT2D eigenvalue weighted by molar-refractivity contribution is 7.15. The predicted molar refractivity (Wildman–Crippen MR) is 104 cm³/mol. The predicted octanol–water partition coefficient (Wildman–Crippen LogP) is 3.47. The first kappa shape index (κ1) is 21.3. The van der Waals surface area contributed by atoms with Crippen molar-refractivity contribution in [2.24, 2.45) is 5.92 Å². The van der Waals surface area contributed by atoms with E-state index < -0.39 is 35.0 Å². The maximum Gasteiger partial charge on any atom is 0.240 e. The summed E-state index contributed by atoms with van der Waals surface area (Å²) in [6.45, 7) is 4.84. The molecule has 2 N–H and O–H groups in total. The number of benzene rings is 1. The molecule has 6 nitrogen and oxygen atoms in total. The molecular weight excluding hydrogens is 405 g/mol. The molecule has 0 radical (unpaired) electrons. The summed E-state index contributed by atoms with van der Waals surface area (Å²) in [4.78, 5) is 31.8. The quantitative estimate of drug-likeness (QED) is 0.718. The number of rotatable bonds is 5. The van der Waals surface area contributed by atoms with Crippen molar-refractivity contribution in [2.45, 2.75) is 26.7 Å². The zero-order valence-electron chi connectivity index (χ0n) is 16.0. The number of nitrogens with zero attached hydrogens (tertiary/aromatic N) is 2. The van der Waals surface area contributed by atoms with Crippen LogP contribution < -0.4 is 10.6 Å². The van der Waals surface area contributed by atoms with E-state index in [0.29, 0.717) is 31.1 Å². The van der Waals surface area contributed by atoms with Crippen molar-refractivity contribution in [1.82, 2.24) is 9.88 Å². The second-order valence-electron chi connectivity index (χ2n) is 7.00. The van der Waals surface area contributed by atoms with Crippen molar-refractivity contribution in [1.29, 1.82) is 0 Å². The van der Waals surface area contributed by atoms with Crippen LogP contribution >= 0.6 is 11.3 Å². The Morgan fingerprint density at radius 3 is 2.66 bits per heavy atom. The lowest BCUT2D eigenvalue weighted by Gasteiger charge is -2.31. The smallest absolute Gasteiger partial charge is 0.240 e. The van der Waals surface area contributed by atoms with Crippen LogP contribution in [0.4, 0.5) is 24.0 Å². The molecular formula is C19H21F3N4O2S. The molecule has 10 heteroatoms. The van der Waals surface area contributed by atoms with E-state index >= 15 is 0 Å². The molecule has 1 aromatic heterocycles. The van der Waals surface area contributed by atoms with Gasteiger partial charge in [0, 0.05) is 11.4 Å². The number of carbonyl (C=O) groups excluding carboxylic acids is 2. The van der Waals surface area contributed by atoms with Crippen LogP contribution in [-0.4, -0.2) is 41.3 Å². The molecule has 2 heterocycles. The topological polar surface area (TPSA) is 74.3 Å². The SMILES string of the molecule is Cc1nc(NC(=O)CN2CCCC(C(=O)Nc3ccc(F)c(F)c3F)C2)sc1C. The van der Waals surface area contributed by atoms with E-state index in [1.165, 1.54) is 11.3 Å². The number of hydrogen-bond acceptors (Lipinski definition) is 5. The molecule has 0 saturated carbocycles. The van der Waals surface area contributed by atoms with E-state index in [1.807, 2.05) is 18.7 Å². The molecule has 1 saturated heterocycles. The van der Waals surface area contributed by atoms with Crippen LogP contribution in [0.25, 0.3) is 0 Å². The lowest BCUT2D eigenvalue weighted by molar-refractivity contribution is -0.123. The third-order valence-electron chi connectivity index (χ3n) is 4.81. The normalized spacial score (nSPS) is 17.2. The summed E-state index contributed by atoms with van der Waals surface area (Å²) in [7, 11) is 0. The van der Waals surface area contributed by atoms with Crippen molar-refractivity contribution in [2.75, 3.05) is 30.3 Å². The van der Waals surface area contributed by atoms with Crippen molar-refractivity contribution in [3.05, 3.63) is 40.2 Å². The van der Waals surface area contributed by atoms with Gasteiger partial charge in [0.05, 0.1) is 23.8 Å². The molecule has 1 aliphatic rings. The highest BCUT2D eigenvalue weighted by Gasteiger charge is 2.28. The van der Waals surface area contributed by atoms with Gasteiger partial charge >= 0.3 is 0 Å². The molecule has 0 spiro atoms. The largest absolute Gasteiger partial charge is 0.323 e. The van der Waals surface area contributed by atoms with E-state index in [4.69, 9.17) is 0 Å². The van der Waals surface area contributed by atoms with E-state index in [2.05, 4.69) is 15.6 Å². The average molecular weight is 426 g/mol. The van der Waals surface area contributed by atoms with Crippen molar-refractivity contribution >= 4 is 34.0 Å². The van der Waals surface area contributed by atoms with Crippen LogP contribution in [0.1, 0.15) is 23.4 Å². The van der Waals surface area contributed by atoms with Crippen LogP contribution in [0.5, 0.6) is 0 Å². The minimum Gasteiger partial charge on any atom is -0.323 e. The van der Waals surface area contributed by atoms with Crippen LogP contribution in [0, 0.1) is 37.2 Å². The molecule has 156 valence electrons. The van der Waals surface area contributed by atoms with Crippen LogP contribution in [0.3, 0.4) is 0 Å². The van der Waals surface area contributed by atoms with Crippen LogP contribution in [-0.2, 0) is 9.59 Å². The molecule has 3 rings (SSSR count). The van der Waals surface area contributed by atoms with Gasteiger partial charge in [-0.1, -0.05) is 0 Å². The molecule has 0 bridgehead atoms. The van der Waals surface area contributed by atoms with Crippen LogP contribution in [0.15, 0.2) is 12.1 Å². The standard InChI is InChI=1S/C19H21F3N4O2S/c1-10-11(2)29-19(23-10)25-15(27)9-26-7-3-4-12(8-26)18(28)24-14-6-5-13(20)16(21)17(14)22/h5-6,12H,3-4,7-9H2,1-2H3,(H,24,28)(H,23,25,27). The third-order valence-corrected chi connectivity index (χ3v) is 5.80. The molecule has 2 amide bonds. The number of nitrogens with one attached hydrogen (secondary N) is 2. The number of hydrogen-bond donors (Lipinski definition) is 2. The van der Waals surface area contributed by atoms with Gasteiger partial charge in [-0.25, -0.2) is 18.2 Å². The molecule has 1 fully saturated rings. The molecule has 1 aromatic carbocycles. The Labute approximate surface area is 170 Å². The highest BCUT2D eigenvalue weighted by Crippen LogP contribution is 2.24.